The first-order chi connectivity index (χ1) is 7.72. The summed E-state index contributed by atoms with van der Waals surface area (Å²) in [7, 11) is 0. The molecule has 0 aromatic heterocycles. The second-order valence-electron chi connectivity index (χ2n) is 4.85. The van der Waals surface area contributed by atoms with E-state index in [1.807, 2.05) is 6.26 Å². The van der Waals surface area contributed by atoms with Crippen LogP contribution in [0.3, 0.4) is 0 Å². The van der Waals surface area contributed by atoms with Gasteiger partial charge in [-0.25, -0.2) is 0 Å². The van der Waals surface area contributed by atoms with Crippen LogP contribution in [0, 0.1) is 5.92 Å². The number of piperazine rings is 1. The predicted molar refractivity (Wildman–Crippen MR) is 71.8 cm³/mol. The molecule has 0 atom stereocenters. The van der Waals surface area contributed by atoms with E-state index in [2.05, 4.69) is 23.6 Å². The molecule has 0 bridgehead atoms. The lowest BCUT2D eigenvalue weighted by Crippen LogP contribution is -2.47. The van der Waals surface area contributed by atoms with E-state index in [4.69, 9.17) is 4.18 Å². The maximum atomic E-state index is 5.30. The molecule has 1 aliphatic heterocycles. The van der Waals surface area contributed by atoms with Gasteiger partial charge < -0.3 is 9.08 Å². The Morgan fingerprint density at radius 1 is 1.06 bits per heavy atom. The zero-order valence-corrected chi connectivity index (χ0v) is 11.8. The summed E-state index contributed by atoms with van der Waals surface area (Å²) in [4.78, 5) is 5.09. The molecule has 0 saturated carbocycles. The normalized spacial score (nSPS) is 19.5. The minimum absolute atomic E-state index is 0.827. The summed E-state index contributed by atoms with van der Waals surface area (Å²) in [6.45, 7) is 12.7. The fraction of sp³-hybridized carbons (Fsp3) is 1.00. The van der Waals surface area contributed by atoms with Crippen LogP contribution in [-0.2, 0) is 4.18 Å². The predicted octanol–water partition coefficient (Wildman–Crippen LogP) is 1.94. The van der Waals surface area contributed by atoms with Gasteiger partial charge in [-0.2, -0.15) is 0 Å². The molecule has 0 N–H and O–H groups in total. The molecule has 16 heavy (non-hydrogen) atoms. The van der Waals surface area contributed by atoms with Gasteiger partial charge in [0.25, 0.3) is 0 Å². The molecule has 0 spiro atoms. The van der Waals surface area contributed by atoms with Crippen LogP contribution in [0.5, 0.6) is 0 Å². The Labute approximate surface area is 105 Å². The zero-order valence-electron chi connectivity index (χ0n) is 10.9. The summed E-state index contributed by atoms with van der Waals surface area (Å²) in [6, 6.07) is 0. The summed E-state index contributed by atoms with van der Waals surface area (Å²) in [5.41, 5.74) is 0. The van der Waals surface area contributed by atoms with Crippen molar-refractivity contribution in [1.82, 2.24) is 9.80 Å². The first-order valence-corrected chi connectivity index (χ1v) is 7.47. The van der Waals surface area contributed by atoms with Gasteiger partial charge >= 0.3 is 0 Å². The fourth-order valence-electron chi connectivity index (χ4n) is 1.93. The molecule has 0 aliphatic carbocycles. The average Bonchev–Trinajstić information content (AvgIpc) is 2.28. The Hall–Kier alpha value is 0.230. The first kappa shape index (κ1) is 14.3. The topological polar surface area (TPSA) is 15.7 Å². The van der Waals surface area contributed by atoms with E-state index in [1.165, 1.54) is 51.2 Å². The van der Waals surface area contributed by atoms with Crippen LogP contribution in [0.4, 0.5) is 0 Å². The highest BCUT2D eigenvalue weighted by atomic mass is 32.2. The van der Waals surface area contributed by atoms with Crippen molar-refractivity contribution < 1.29 is 4.18 Å². The third-order valence-electron chi connectivity index (χ3n) is 3.10. The second kappa shape index (κ2) is 8.34. The van der Waals surface area contributed by atoms with E-state index in [0.717, 1.165) is 19.1 Å². The lowest BCUT2D eigenvalue weighted by molar-refractivity contribution is 0.117. The van der Waals surface area contributed by atoms with Crippen molar-refractivity contribution >= 4 is 12.0 Å². The molecule has 0 aromatic rings. The Bertz CT molecular complexity index is 170. The lowest BCUT2D eigenvalue weighted by atomic mass is 10.1. The van der Waals surface area contributed by atoms with Gasteiger partial charge in [-0.3, -0.25) is 4.90 Å². The summed E-state index contributed by atoms with van der Waals surface area (Å²) in [5.74, 6) is 0.827. The Morgan fingerprint density at radius 2 is 1.62 bits per heavy atom. The van der Waals surface area contributed by atoms with Gasteiger partial charge in [-0.1, -0.05) is 13.8 Å². The van der Waals surface area contributed by atoms with Gasteiger partial charge in [-0.15, -0.1) is 0 Å². The number of hydrogen-bond donors (Lipinski definition) is 0. The number of rotatable bonds is 7. The Kier molecular flexibility index (Phi) is 7.45. The maximum Gasteiger partial charge on any atom is 0.0740 e. The largest absolute Gasteiger partial charge is 0.314 e. The smallest absolute Gasteiger partial charge is 0.0740 e. The molecule has 0 aromatic carbocycles. The molecule has 3 nitrogen and oxygen atoms in total. The highest BCUT2D eigenvalue weighted by Gasteiger charge is 2.16. The molecular weight excluding hydrogens is 220 g/mol. The molecule has 1 rings (SSSR count). The second-order valence-corrected chi connectivity index (χ2v) is 5.42. The molecule has 0 radical (unpaired) electrons. The van der Waals surface area contributed by atoms with Crippen LogP contribution >= 0.6 is 12.0 Å². The van der Waals surface area contributed by atoms with Crippen molar-refractivity contribution in [2.75, 3.05) is 52.1 Å². The van der Waals surface area contributed by atoms with Gasteiger partial charge in [0.1, 0.15) is 0 Å². The Morgan fingerprint density at radius 3 is 2.12 bits per heavy atom. The third-order valence-corrected chi connectivity index (χ3v) is 3.50. The van der Waals surface area contributed by atoms with Crippen LogP contribution in [0.25, 0.3) is 0 Å². The minimum atomic E-state index is 0.827. The molecule has 1 fully saturated rings. The van der Waals surface area contributed by atoms with E-state index in [9.17, 15) is 0 Å². The van der Waals surface area contributed by atoms with E-state index < -0.39 is 0 Å². The van der Waals surface area contributed by atoms with Crippen LogP contribution in [-0.4, -0.2) is 61.9 Å². The molecule has 4 heteroatoms. The summed E-state index contributed by atoms with van der Waals surface area (Å²) >= 11 is 1.46. The summed E-state index contributed by atoms with van der Waals surface area (Å²) in [5, 5.41) is 0. The molecule has 1 heterocycles. The average molecular weight is 246 g/mol. The van der Waals surface area contributed by atoms with Crippen molar-refractivity contribution in [2.24, 2.45) is 5.92 Å². The van der Waals surface area contributed by atoms with Gasteiger partial charge in [0.05, 0.1) is 6.61 Å². The SMILES string of the molecule is CSOCCN1CCN(CCC(C)C)CC1. The fourth-order valence-corrected chi connectivity index (χ4v) is 2.17. The van der Waals surface area contributed by atoms with Crippen molar-refractivity contribution in [3.63, 3.8) is 0 Å². The van der Waals surface area contributed by atoms with E-state index >= 15 is 0 Å². The minimum Gasteiger partial charge on any atom is -0.314 e. The molecule has 0 amide bonds. The van der Waals surface area contributed by atoms with Gasteiger partial charge in [0.15, 0.2) is 0 Å². The van der Waals surface area contributed by atoms with Gasteiger partial charge in [-0.05, 0) is 30.9 Å². The van der Waals surface area contributed by atoms with E-state index in [0.29, 0.717) is 0 Å². The number of hydrogen-bond acceptors (Lipinski definition) is 4. The first-order valence-electron chi connectivity index (χ1n) is 6.32. The monoisotopic (exact) mass is 246 g/mol. The maximum absolute atomic E-state index is 5.30. The zero-order chi connectivity index (χ0) is 11.8. The molecular formula is C12H26N2OS. The van der Waals surface area contributed by atoms with Crippen molar-refractivity contribution in [3.8, 4) is 0 Å². The summed E-state index contributed by atoms with van der Waals surface area (Å²) in [6.07, 6.45) is 3.30. The Balaban J connectivity index is 2.04. The van der Waals surface area contributed by atoms with Crippen LogP contribution in [0.1, 0.15) is 20.3 Å². The van der Waals surface area contributed by atoms with E-state index in [-0.39, 0.29) is 0 Å². The summed E-state index contributed by atoms with van der Waals surface area (Å²) < 4.78 is 5.30. The molecule has 1 aliphatic rings. The third kappa shape index (κ3) is 6.09. The van der Waals surface area contributed by atoms with Crippen molar-refractivity contribution in [1.29, 1.82) is 0 Å². The highest BCUT2D eigenvalue weighted by molar-refractivity contribution is 7.93. The van der Waals surface area contributed by atoms with Crippen molar-refractivity contribution in [2.45, 2.75) is 20.3 Å². The molecule has 96 valence electrons. The van der Waals surface area contributed by atoms with E-state index in [1.54, 1.807) is 0 Å². The van der Waals surface area contributed by atoms with Crippen LogP contribution < -0.4 is 0 Å². The number of nitrogens with zero attached hydrogens (tertiary/aromatic N) is 2. The highest BCUT2D eigenvalue weighted by Crippen LogP contribution is 2.06. The quantitative estimate of drug-likeness (QED) is 0.504. The van der Waals surface area contributed by atoms with Crippen molar-refractivity contribution in [3.05, 3.63) is 0 Å². The molecule has 0 unspecified atom stereocenters. The molecule has 1 saturated heterocycles. The van der Waals surface area contributed by atoms with Gasteiger partial charge in [0.2, 0.25) is 0 Å². The standard InChI is InChI=1S/C12H26N2OS/c1-12(2)4-5-13-6-8-14(9-7-13)10-11-15-16-3/h12H,4-11H2,1-3H3. The lowest BCUT2D eigenvalue weighted by Gasteiger charge is -2.34. The van der Waals surface area contributed by atoms with Gasteiger partial charge in [0, 0.05) is 39.0 Å². The van der Waals surface area contributed by atoms with Crippen LogP contribution in [0.2, 0.25) is 0 Å². The van der Waals surface area contributed by atoms with Crippen LogP contribution in [0.15, 0.2) is 0 Å².